The number of hydrogen-bond acceptors (Lipinski definition) is 5. The molecule has 8 heteroatoms. The third kappa shape index (κ3) is 5.68. The molecule has 4 aromatic rings. The lowest BCUT2D eigenvalue weighted by Crippen LogP contribution is -2.23. The number of anilines is 1. The highest BCUT2D eigenvalue weighted by molar-refractivity contribution is 5.90. The number of nitrogens with one attached hydrogen (secondary N) is 2. The summed E-state index contributed by atoms with van der Waals surface area (Å²) in [5.41, 5.74) is 4.47. The molecule has 166 valence electrons. The molecule has 0 saturated heterocycles. The molecule has 4 rings (SSSR count). The second-order valence-corrected chi connectivity index (χ2v) is 7.68. The average molecular weight is 441 g/mol. The van der Waals surface area contributed by atoms with Crippen molar-refractivity contribution in [3.05, 3.63) is 99.1 Å². The van der Waals surface area contributed by atoms with Gasteiger partial charge in [-0.1, -0.05) is 42.0 Å². The van der Waals surface area contributed by atoms with Crippen LogP contribution in [0.25, 0.3) is 22.5 Å². The van der Waals surface area contributed by atoms with Crippen LogP contribution in [0.1, 0.15) is 18.4 Å². The molecule has 0 radical (unpaired) electrons. The standard InChI is InChI=1S/C25H23N5O3/c1-17-4-6-19(7-5-17)22-13-15-25(33)30(29-22)16-2-3-23(31)26-20-10-8-18(9-11-20)21-12-14-24(32)28-27-21/h4-15H,2-3,16H2,1H3,(H,26,31)(H,28,32). The monoisotopic (exact) mass is 441 g/mol. The zero-order chi connectivity index (χ0) is 23.2. The van der Waals surface area contributed by atoms with Crippen LogP contribution >= 0.6 is 0 Å². The summed E-state index contributed by atoms with van der Waals surface area (Å²) >= 11 is 0. The van der Waals surface area contributed by atoms with Gasteiger partial charge in [0.2, 0.25) is 5.91 Å². The van der Waals surface area contributed by atoms with E-state index in [4.69, 9.17) is 0 Å². The lowest BCUT2D eigenvalue weighted by atomic mass is 10.1. The Kier molecular flexibility index (Phi) is 6.54. The maximum absolute atomic E-state index is 12.3. The fourth-order valence-electron chi connectivity index (χ4n) is 3.33. The molecule has 0 aliphatic carbocycles. The fourth-order valence-corrected chi connectivity index (χ4v) is 3.33. The van der Waals surface area contributed by atoms with Crippen LogP contribution in [0.5, 0.6) is 0 Å². The summed E-state index contributed by atoms with van der Waals surface area (Å²) in [6.07, 6.45) is 0.738. The minimum Gasteiger partial charge on any atom is -0.326 e. The molecule has 33 heavy (non-hydrogen) atoms. The number of carbonyl (C=O) groups excluding carboxylic acids is 1. The topological polar surface area (TPSA) is 110 Å². The Morgan fingerprint density at radius 2 is 1.55 bits per heavy atom. The molecule has 0 unspecified atom stereocenters. The van der Waals surface area contributed by atoms with E-state index >= 15 is 0 Å². The van der Waals surface area contributed by atoms with Gasteiger partial charge in [0, 0.05) is 41.9 Å². The van der Waals surface area contributed by atoms with Crippen LogP contribution in [-0.2, 0) is 11.3 Å². The van der Waals surface area contributed by atoms with Gasteiger partial charge in [-0.25, -0.2) is 9.78 Å². The maximum atomic E-state index is 12.3. The van der Waals surface area contributed by atoms with E-state index in [0.717, 1.165) is 22.4 Å². The van der Waals surface area contributed by atoms with Crippen molar-refractivity contribution >= 4 is 11.6 Å². The van der Waals surface area contributed by atoms with Crippen molar-refractivity contribution in [2.45, 2.75) is 26.3 Å². The Bertz CT molecular complexity index is 1350. The Hall–Kier alpha value is -4.33. The van der Waals surface area contributed by atoms with Gasteiger partial charge in [0.25, 0.3) is 11.1 Å². The zero-order valence-corrected chi connectivity index (χ0v) is 18.1. The lowest BCUT2D eigenvalue weighted by molar-refractivity contribution is -0.116. The highest BCUT2D eigenvalue weighted by atomic mass is 16.2. The van der Waals surface area contributed by atoms with E-state index in [9.17, 15) is 14.4 Å². The summed E-state index contributed by atoms with van der Waals surface area (Å²) in [5, 5.41) is 13.7. The molecule has 2 aromatic heterocycles. The van der Waals surface area contributed by atoms with E-state index in [1.165, 1.54) is 16.8 Å². The van der Waals surface area contributed by atoms with Gasteiger partial charge in [-0.05, 0) is 37.6 Å². The van der Waals surface area contributed by atoms with Crippen LogP contribution < -0.4 is 16.4 Å². The minimum atomic E-state index is -0.262. The molecule has 2 heterocycles. The Labute approximate surface area is 189 Å². The molecule has 0 atom stereocenters. The van der Waals surface area contributed by atoms with E-state index in [1.54, 1.807) is 24.3 Å². The van der Waals surface area contributed by atoms with Crippen molar-refractivity contribution in [3.8, 4) is 22.5 Å². The Balaban J connectivity index is 1.32. The predicted octanol–water partition coefficient (Wildman–Crippen LogP) is 3.39. The van der Waals surface area contributed by atoms with Gasteiger partial charge in [-0.15, -0.1) is 0 Å². The first-order valence-corrected chi connectivity index (χ1v) is 10.6. The first-order valence-electron chi connectivity index (χ1n) is 10.6. The molecular weight excluding hydrogens is 418 g/mol. The van der Waals surface area contributed by atoms with Crippen molar-refractivity contribution in [1.82, 2.24) is 20.0 Å². The van der Waals surface area contributed by atoms with Gasteiger partial charge >= 0.3 is 0 Å². The van der Waals surface area contributed by atoms with Crippen molar-refractivity contribution < 1.29 is 4.79 Å². The number of nitrogens with zero attached hydrogens (tertiary/aromatic N) is 3. The second kappa shape index (κ2) is 9.86. The number of aromatic amines is 1. The van der Waals surface area contributed by atoms with Crippen LogP contribution in [-0.4, -0.2) is 25.9 Å². The number of rotatable bonds is 7. The highest BCUT2D eigenvalue weighted by Crippen LogP contribution is 2.19. The van der Waals surface area contributed by atoms with Crippen LogP contribution in [0, 0.1) is 6.92 Å². The van der Waals surface area contributed by atoms with Crippen LogP contribution in [0.15, 0.2) is 82.4 Å². The molecule has 2 N–H and O–H groups in total. The van der Waals surface area contributed by atoms with E-state index in [1.807, 2.05) is 43.3 Å². The summed E-state index contributed by atoms with van der Waals surface area (Å²) < 4.78 is 1.40. The number of amides is 1. The quantitative estimate of drug-likeness (QED) is 0.457. The lowest BCUT2D eigenvalue weighted by Gasteiger charge is -2.09. The van der Waals surface area contributed by atoms with Crippen molar-refractivity contribution in [3.63, 3.8) is 0 Å². The summed E-state index contributed by atoms with van der Waals surface area (Å²) in [4.78, 5) is 35.6. The Morgan fingerprint density at radius 1 is 0.879 bits per heavy atom. The smallest absolute Gasteiger partial charge is 0.266 e. The number of H-pyrrole nitrogens is 1. The molecule has 2 aromatic carbocycles. The summed E-state index contributed by atoms with van der Waals surface area (Å²) in [6, 6.07) is 21.4. The molecule has 0 aliphatic rings. The number of hydrogen-bond donors (Lipinski definition) is 2. The van der Waals surface area contributed by atoms with E-state index < -0.39 is 0 Å². The van der Waals surface area contributed by atoms with Crippen LogP contribution in [0.2, 0.25) is 0 Å². The first kappa shape index (κ1) is 21.9. The molecule has 1 amide bonds. The molecule has 8 nitrogen and oxygen atoms in total. The number of carbonyl (C=O) groups is 1. The Morgan fingerprint density at radius 3 is 2.24 bits per heavy atom. The highest BCUT2D eigenvalue weighted by Gasteiger charge is 2.07. The summed E-state index contributed by atoms with van der Waals surface area (Å²) in [5.74, 6) is -0.146. The van der Waals surface area contributed by atoms with E-state index in [2.05, 4.69) is 20.6 Å². The maximum Gasteiger partial charge on any atom is 0.266 e. The third-order valence-electron chi connectivity index (χ3n) is 5.13. The summed E-state index contributed by atoms with van der Waals surface area (Å²) in [7, 11) is 0. The van der Waals surface area contributed by atoms with Crippen LogP contribution in [0.4, 0.5) is 5.69 Å². The van der Waals surface area contributed by atoms with Gasteiger partial charge in [0.1, 0.15) is 0 Å². The van der Waals surface area contributed by atoms with E-state index in [0.29, 0.717) is 24.3 Å². The molecule has 0 bridgehead atoms. The molecule has 0 fully saturated rings. The predicted molar refractivity (Wildman–Crippen MR) is 127 cm³/mol. The molecule has 0 aliphatic heterocycles. The number of aromatic nitrogens is 4. The zero-order valence-electron chi connectivity index (χ0n) is 18.1. The molecular formula is C25H23N5O3. The fraction of sp³-hybridized carbons (Fsp3) is 0.160. The van der Waals surface area contributed by atoms with Gasteiger partial charge in [0.05, 0.1) is 11.4 Å². The molecule has 0 saturated carbocycles. The second-order valence-electron chi connectivity index (χ2n) is 7.68. The first-order chi connectivity index (χ1) is 16.0. The largest absolute Gasteiger partial charge is 0.326 e. The van der Waals surface area contributed by atoms with Crippen molar-refractivity contribution in [1.29, 1.82) is 0 Å². The minimum absolute atomic E-state index is 0.146. The summed E-state index contributed by atoms with van der Waals surface area (Å²) in [6.45, 7) is 2.36. The van der Waals surface area contributed by atoms with Gasteiger partial charge < -0.3 is 5.32 Å². The third-order valence-corrected chi connectivity index (χ3v) is 5.13. The van der Waals surface area contributed by atoms with Gasteiger partial charge in [-0.2, -0.15) is 10.2 Å². The van der Waals surface area contributed by atoms with Gasteiger partial charge in [-0.3, -0.25) is 14.4 Å². The van der Waals surface area contributed by atoms with Crippen molar-refractivity contribution in [2.24, 2.45) is 0 Å². The normalized spacial score (nSPS) is 10.7. The molecule has 0 spiro atoms. The van der Waals surface area contributed by atoms with E-state index in [-0.39, 0.29) is 23.4 Å². The van der Waals surface area contributed by atoms with Crippen LogP contribution in [0.3, 0.4) is 0 Å². The SMILES string of the molecule is Cc1ccc(-c2ccc(=O)n(CCCC(=O)Nc3ccc(-c4ccc(=O)[nH]n4)cc3)n2)cc1. The average Bonchev–Trinajstić information content (AvgIpc) is 2.82. The number of aryl methyl sites for hydroxylation is 2. The number of benzene rings is 2. The van der Waals surface area contributed by atoms with Crippen molar-refractivity contribution in [2.75, 3.05) is 5.32 Å². The van der Waals surface area contributed by atoms with Gasteiger partial charge in [0.15, 0.2) is 0 Å².